The number of piperidine rings is 2. The van der Waals surface area contributed by atoms with E-state index in [9.17, 15) is 9.59 Å². The zero-order valence-corrected chi connectivity index (χ0v) is 14.7. The number of aromatic nitrogens is 1. The molecule has 1 atom stereocenters. The van der Waals surface area contributed by atoms with Gasteiger partial charge in [0, 0.05) is 43.4 Å². The predicted molar refractivity (Wildman–Crippen MR) is 93.0 cm³/mol. The van der Waals surface area contributed by atoms with Crippen molar-refractivity contribution in [3.63, 3.8) is 0 Å². The number of anilines is 1. The summed E-state index contributed by atoms with van der Waals surface area (Å²) in [5.41, 5.74) is 5.85. The van der Waals surface area contributed by atoms with Gasteiger partial charge in [-0.15, -0.1) is 11.3 Å². The first kappa shape index (κ1) is 15.9. The number of hydrogen-bond donors (Lipinski definition) is 1. The molecule has 130 valence electrons. The average molecular weight is 348 g/mol. The molecule has 2 N–H and O–H groups in total. The number of carbonyl (C=O) groups excluding carboxylic acids is 2. The van der Waals surface area contributed by atoms with Gasteiger partial charge in [0.2, 0.25) is 5.91 Å². The lowest BCUT2D eigenvalue weighted by atomic mass is 9.73. The highest BCUT2D eigenvalue weighted by atomic mass is 32.1. The molecule has 3 fully saturated rings. The summed E-state index contributed by atoms with van der Waals surface area (Å²) >= 11 is 1.49. The number of likely N-dealkylation sites (tertiary alicyclic amines) is 1. The highest BCUT2D eigenvalue weighted by Crippen LogP contribution is 2.42. The van der Waals surface area contributed by atoms with Crippen LogP contribution < -0.4 is 10.6 Å². The zero-order valence-electron chi connectivity index (χ0n) is 13.9. The van der Waals surface area contributed by atoms with Crippen LogP contribution in [-0.4, -0.2) is 47.9 Å². The molecule has 0 bridgehead atoms. The van der Waals surface area contributed by atoms with Crippen LogP contribution in [-0.2, 0) is 4.79 Å². The molecule has 6 nitrogen and oxygen atoms in total. The fourth-order valence-electron chi connectivity index (χ4n) is 4.11. The average Bonchev–Trinajstić information content (AvgIpc) is 3.23. The third kappa shape index (κ3) is 3.14. The van der Waals surface area contributed by atoms with Gasteiger partial charge < -0.3 is 15.5 Å². The van der Waals surface area contributed by atoms with E-state index < -0.39 is 5.91 Å². The van der Waals surface area contributed by atoms with E-state index in [1.54, 1.807) is 5.38 Å². The summed E-state index contributed by atoms with van der Waals surface area (Å²) in [6.45, 7) is 3.72. The minimum Gasteiger partial charge on any atom is -0.364 e. The maximum atomic E-state index is 12.3. The Morgan fingerprint density at radius 3 is 2.92 bits per heavy atom. The van der Waals surface area contributed by atoms with E-state index in [4.69, 9.17) is 5.73 Å². The summed E-state index contributed by atoms with van der Waals surface area (Å²) in [7, 11) is 0. The van der Waals surface area contributed by atoms with Crippen LogP contribution in [0.1, 0.15) is 49.0 Å². The minimum atomic E-state index is -0.469. The Kier molecular flexibility index (Phi) is 3.98. The van der Waals surface area contributed by atoms with Gasteiger partial charge >= 0.3 is 0 Å². The maximum absolute atomic E-state index is 12.3. The number of thiazole rings is 1. The Hall–Kier alpha value is -1.63. The molecule has 2 aliphatic heterocycles. The van der Waals surface area contributed by atoms with Crippen molar-refractivity contribution in [2.24, 2.45) is 17.1 Å². The van der Waals surface area contributed by atoms with E-state index in [0.29, 0.717) is 18.0 Å². The topological polar surface area (TPSA) is 79.5 Å². The van der Waals surface area contributed by atoms with E-state index in [0.717, 1.165) is 50.1 Å². The van der Waals surface area contributed by atoms with Gasteiger partial charge in [0.1, 0.15) is 5.69 Å². The standard InChI is InChI=1S/C17H24N4O2S/c18-15(23)13-9-24-16(19-13)20-7-1-5-17(10-20)6-4-14(22)21(11-17)8-12-2-3-12/h9,12H,1-8,10-11H2,(H2,18,23)/t17-/m0/s1. The number of hydrogen-bond acceptors (Lipinski definition) is 5. The first-order chi connectivity index (χ1) is 11.5. The Balaban J connectivity index is 1.48. The molecule has 7 heteroatoms. The molecule has 4 rings (SSSR count). The van der Waals surface area contributed by atoms with E-state index in [1.807, 2.05) is 0 Å². The summed E-state index contributed by atoms with van der Waals surface area (Å²) in [5.74, 6) is 0.596. The minimum absolute atomic E-state index is 0.180. The summed E-state index contributed by atoms with van der Waals surface area (Å²) in [6, 6.07) is 0. The van der Waals surface area contributed by atoms with Gasteiger partial charge in [0.15, 0.2) is 5.13 Å². The summed E-state index contributed by atoms with van der Waals surface area (Å²) in [4.78, 5) is 32.3. The molecule has 1 spiro atoms. The van der Waals surface area contributed by atoms with Crippen LogP contribution in [0.3, 0.4) is 0 Å². The van der Waals surface area contributed by atoms with E-state index >= 15 is 0 Å². The molecule has 24 heavy (non-hydrogen) atoms. The van der Waals surface area contributed by atoms with Crippen molar-refractivity contribution in [3.8, 4) is 0 Å². The predicted octanol–water partition coefficient (Wildman–Crippen LogP) is 1.86. The monoisotopic (exact) mass is 348 g/mol. The molecule has 0 unspecified atom stereocenters. The Morgan fingerprint density at radius 1 is 1.38 bits per heavy atom. The fourth-order valence-corrected chi connectivity index (χ4v) is 4.95. The number of rotatable bonds is 4. The van der Waals surface area contributed by atoms with Gasteiger partial charge in [-0.2, -0.15) is 0 Å². The van der Waals surface area contributed by atoms with Crippen LogP contribution in [0.4, 0.5) is 5.13 Å². The molecule has 1 aliphatic carbocycles. The summed E-state index contributed by atoms with van der Waals surface area (Å²) in [6.07, 6.45) is 6.47. The van der Waals surface area contributed by atoms with E-state index in [2.05, 4.69) is 14.8 Å². The van der Waals surface area contributed by atoms with Crippen LogP contribution in [0.25, 0.3) is 0 Å². The molecule has 0 radical (unpaired) electrons. The van der Waals surface area contributed by atoms with Gasteiger partial charge in [0.25, 0.3) is 5.91 Å². The zero-order chi connectivity index (χ0) is 16.7. The second-order valence-electron chi connectivity index (χ2n) is 7.62. The van der Waals surface area contributed by atoms with Gasteiger partial charge in [-0.05, 0) is 38.0 Å². The second-order valence-corrected chi connectivity index (χ2v) is 8.46. The molecule has 2 saturated heterocycles. The molecule has 1 saturated carbocycles. The third-order valence-corrected chi connectivity index (χ3v) is 6.50. The summed E-state index contributed by atoms with van der Waals surface area (Å²) < 4.78 is 0. The van der Waals surface area contributed by atoms with Crippen LogP contribution in [0.15, 0.2) is 5.38 Å². The van der Waals surface area contributed by atoms with Crippen LogP contribution in [0.2, 0.25) is 0 Å². The SMILES string of the molecule is NC(=O)c1csc(N2CCC[C@]3(CCC(=O)N(CC4CC4)C3)C2)n1. The number of carbonyl (C=O) groups is 2. The molecule has 3 aliphatic rings. The quantitative estimate of drug-likeness (QED) is 0.901. The third-order valence-electron chi connectivity index (χ3n) is 5.60. The van der Waals surface area contributed by atoms with Gasteiger partial charge in [-0.3, -0.25) is 9.59 Å². The van der Waals surface area contributed by atoms with Crippen LogP contribution in [0.5, 0.6) is 0 Å². The number of nitrogens with zero attached hydrogens (tertiary/aromatic N) is 3. The number of amides is 2. The van der Waals surface area contributed by atoms with E-state index in [1.165, 1.54) is 30.6 Å². The molecule has 1 aromatic rings. The first-order valence-electron chi connectivity index (χ1n) is 8.83. The summed E-state index contributed by atoms with van der Waals surface area (Å²) in [5, 5.41) is 2.62. The Bertz CT molecular complexity index is 657. The van der Waals surface area contributed by atoms with Crippen LogP contribution in [0, 0.1) is 11.3 Å². The Morgan fingerprint density at radius 2 is 2.21 bits per heavy atom. The first-order valence-corrected chi connectivity index (χ1v) is 9.71. The van der Waals surface area contributed by atoms with Gasteiger partial charge in [0.05, 0.1) is 0 Å². The Labute approximate surface area is 146 Å². The highest BCUT2D eigenvalue weighted by Gasteiger charge is 2.43. The van der Waals surface area contributed by atoms with Crippen molar-refractivity contribution in [1.82, 2.24) is 9.88 Å². The van der Waals surface area contributed by atoms with Crippen molar-refractivity contribution in [1.29, 1.82) is 0 Å². The smallest absolute Gasteiger partial charge is 0.268 e. The molecule has 2 amide bonds. The van der Waals surface area contributed by atoms with Gasteiger partial charge in [-0.1, -0.05) is 0 Å². The molecular formula is C17H24N4O2S. The van der Waals surface area contributed by atoms with Crippen molar-refractivity contribution < 1.29 is 9.59 Å². The maximum Gasteiger partial charge on any atom is 0.268 e. The van der Waals surface area contributed by atoms with Crippen molar-refractivity contribution in [2.45, 2.75) is 38.5 Å². The number of primary amides is 1. The van der Waals surface area contributed by atoms with Crippen molar-refractivity contribution in [2.75, 3.05) is 31.1 Å². The highest BCUT2D eigenvalue weighted by molar-refractivity contribution is 7.13. The number of nitrogens with two attached hydrogens (primary N) is 1. The van der Waals surface area contributed by atoms with Crippen molar-refractivity contribution >= 4 is 28.3 Å². The van der Waals surface area contributed by atoms with E-state index in [-0.39, 0.29) is 5.41 Å². The molecule has 0 aromatic carbocycles. The second kappa shape index (κ2) is 6.02. The molecule has 1 aromatic heterocycles. The lowest BCUT2D eigenvalue weighted by Crippen LogP contribution is -2.54. The van der Waals surface area contributed by atoms with Crippen LogP contribution >= 0.6 is 11.3 Å². The van der Waals surface area contributed by atoms with Crippen molar-refractivity contribution in [3.05, 3.63) is 11.1 Å². The lowest BCUT2D eigenvalue weighted by Gasteiger charge is -2.48. The molecular weight excluding hydrogens is 324 g/mol. The largest absolute Gasteiger partial charge is 0.364 e. The fraction of sp³-hybridized carbons (Fsp3) is 0.706. The lowest BCUT2D eigenvalue weighted by molar-refractivity contribution is -0.138. The molecule has 3 heterocycles. The van der Waals surface area contributed by atoms with Gasteiger partial charge in [-0.25, -0.2) is 4.98 Å². The normalized spacial score (nSPS) is 27.8.